The lowest BCUT2D eigenvalue weighted by Crippen LogP contribution is -2.01. The zero-order valence-electron chi connectivity index (χ0n) is 8.66. The highest BCUT2D eigenvalue weighted by atomic mass is 79.9. The van der Waals surface area contributed by atoms with Gasteiger partial charge in [-0.3, -0.25) is 0 Å². The Labute approximate surface area is 116 Å². The van der Waals surface area contributed by atoms with E-state index in [0.717, 1.165) is 10.4 Å². The van der Waals surface area contributed by atoms with E-state index in [1.807, 2.05) is 0 Å². The minimum atomic E-state index is -0.661. The van der Waals surface area contributed by atoms with E-state index in [2.05, 4.69) is 15.9 Å². The van der Waals surface area contributed by atoms with Crippen molar-refractivity contribution >= 4 is 38.9 Å². The second-order valence-corrected chi connectivity index (χ2v) is 5.77. The molecule has 1 atom stereocenters. The standard InChI is InChI=1S/C12H9BrClFOS/c13-12-7(2-1-3-9(12)15)4-10(16)11-5-8(14)6-17-11/h1-3,5-6,10,16H,4H2. The molecule has 1 N–H and O–H groups in total. The molecule has 0 aliphatic carbocycles. The summed E-state index contributed by atoms with van der Waals surface area (Å²) in [5, 5.41) is 12.4. The van der Waals surface area contributed by atoms with Crippen LogP contribution < -0.4 is 0 Å². The van der Waals surface area contributed by atoms with Crippen LogP contribution in [0.15, 0.2) is 34.1 Å². The summed E-state index contributed by atoms with van der Waals surface area (Å²) in [5.74, 6) is -0.320. The molecule has 0 spiro atoms. The van der Waals surface area contributed by atoms with Gasteiger partial charge in [-0.15, -0.1) is 11.3 Å². The van der Waals surface area contributed by atoms with Crippen LogP contribution in [0.1, 0.15) is 16.5 Å². The molecule has 0 fully saturated rings. The molecule has 0 bridgehead atoms. The van der Waals surface area contributed by atoms with Crippen LogP contribution in [0.25, 0.3) is 0 Å². The molecule has 0 saturated heterocycles. The first-order valence-electron chi connectivity index (χ1n) is 4.93. The molecular weight excluding hydrogens is 327 g/mol. The molecule has 1 aromatic carbocycles. The fourth-order valence-corrected chi connectivity index (χ4v) is 3.01. The minimum Gasteiger partial charge on any atom is -0.387 e. The Balaban J connectivity index is 2.18. The maximum atomic E-state index is 13.3. The largest absolute Gasteiger partial charge is 0.387 e. The number of halogens is 3. The zero-order chi connectivity index (χ0) is 12.4. The summed E-state index contributed by atoms with van der Waals surface area (Å²) in [6.07, 6.45) is -0.305. The van der Waals surface area contributed by atoms with Gasteiger partial charge in [-0.1, -0.05) is 23.7 Å². The normalized spacial score (nSPS) is 12.7. The van der Waals surface area contributed by atoms with Crippen LogP contribution in [0.3, 0.4) is 0 Å². The monoisotopic (exact) mass is 334 g/mol. The van der Waals surface area contributed by atoms with E-state index >= 15 is 0 Å². The number of thiophene rings is 1. The molecule has 0 radical (unpaired) electrons. The van der Waals surface area contributed by atoms with Gasteiger partial charge in [0.05, 0.1) is 15.6 Å². The van der Waals surface area contributed by atoms with Gasteiger partial charge in [0.2, 0.25) is 0 Å². The van der Waals surface area contributed by atoms with E-state index in [1.54, 1.807) is 23.6 Å². The predicted molar refractivity (Wildman–Crippen MR) is 72.1 cm³/mol. The summed E-state index contributed by atoms with van der Waals surface area (Å²) in [7, 11) is 0. The number of benzene rings is 1. The first-order valence-corrected chi connectivity index (χ1v) is 6.98. The lowest BCUT2D eigenvalue weighted by Gasteiger charge is -2.10. The summed E-state index contributed by atoms with van der Waals surface area (Å²) >= 11 is 10.4. The van der Waals surface area contributed by atoms with Gasteiger partial charge in [-0.25, -0.2) is 4.39 Å². The van der Waals surface area contributed by atoms with Crippen molar-refractivity contribution in [3.63, 3.8) is 0 Å². The van der Waals surface area contributed by atoms with E-state index in [9.17, 15) is 9.50 Å². The molecule has 0 aliphatic heterocycles. The van der Waals surface area contributed by atoms with Crippen LogP contribution in [-0.4, -0.2) is 5.11 Å². The van der Waals surface area contributed by atoms with Crippen molar-refractivity contribution in [3.05, 3.63) is 55.4 Å². The highest BCUT2D eigenvalue weighted by Crippen LogP contribution is 2.30. The number of hydrogen-bond donors (Lipinski definition) is 1. The number of rotatable bonds is 3. The molecule has 0 saturated carbocycles. The molecule has 0 amide bonds. The maximum Gasteiger partial charge on any atom is 0.137 e. The molecular formula is C12H9BrClFOS. The third-order valence-corrected chi connectivity index (χ3v) is 4.63. The van der Waals surface area contributed by atoms with Crippen LogP contribution in [0.2, 0.25) is 5.02 Å². The molecule has 17 heavy (non-hydrogen) atoms. The molecule has 1 heterocycles. The van der Waals surface area contributed by atoms with Gasteiger partial charge < -0.3 is 5.11 Å². The van der Waals surface area contributed by atoms with Crippen LogP contribution in [0.4, 0.5) is 4.39 Å². The topological polar surface area (TPSA) is 20.2 Å². The third kappa shape index (κ3) is 3.07. The van der Waals surface area contributed by atoms with Gasteiger partial charge in [-0.2, -0.15) is 0 Å². The van der Waals surface area contributed by atoms with Gasteiger partial charge in [-0.05, 0) is 33.6 Å². The molecule has 2 rings (SSSR count). The predicted octanol–water partition coefficient (Wildman–Crippen LogP) is 4.58. The van der Waals surface area contributed by atoms with E-state index in [-0.39, 0.29) is 5.82 Å². The van der Waals surface area contributed by atoms with Crippen molar-refractivity contribution in [2.45, 2.75) is 12.5 Å². The Morgan fingerprint density at radius 2 is 2.24 bits per heavy atom. The van der Waals surface area contributed by atoms with Gasteiger partial charge in [0.1, 0.15) is 5.82 Å². The molecule has 1 unspecified atom stereocenters. The highest BCUT2D eigenvalue weighted by molar-refractivity contribution is 9.10. The van der Waals surface area contributed by atoms with E-state index in [0.29, 0.717) is 15.9 Å². The Bertz CT molecular complexity index is 529. The van der Waals surface area contributed by atoms with Crippen LogP contribution in [-0.2, 0) is 6.42 Å². The van der Waals surface area contributed by atoms with Crippen molar-refractivity contribution < 1.29 is 9.50 Å². The van der Waals surface area contributed by atoms with Gasteiger partial charge in [0.25, 0.3) is 0 Å². The maximum absolute atomic E-state index is 13.3. The van der Waals surface area contributed by atoms with E-state index in [1.165, 1.54) is 17.4 Å². The quantitative estimate of drug-likeness (QED) is 0.870. The van der Waals surface area contributed by atoms with Crippen molar-refractivity contribution in [1.29, 1.82) is 0 Å². The summed E-state index contributed by atoms with van der Waals surface area (Å²) < 4.78 is 13.7. The van der Waals surface area contributed by atoms with Gasteiger partial charge in [0, 0.05) is 16.7 Å². The smallest absolute Gasteiger partial charge is 0.137 e. The number of aliphatic hydroxyl groups excluding tert-OH is 1. The van der Waals surface area contributed by atoms with Crippen LogP contribution >= 0.6 is 38.9 Å². The van der Waals surface area contributed by atoms with Gasteiger partial charge >= 0.3 is 0 Å². The second kappa shape index (κ2) is 5.48. The van der Waals surface area contributed by atoms with Crippen LogP contribution in [0.5, 0.6) is 0 Å². The molecule has 90 valence electrons. The van der Waals surface area contributed by atoms with Crippen molar-refractivity contribution in [2.75, 3.05) is 0 Å². The Hall–Kier alpha value is -0.420. The summed E-state index contributed by atoms with van der Waals surface area (Å²) in [6, 6.07) is 6.52. The fourth-order valence-electron chi connectivity index (χ4n) is 1.52. The molecule has 2 aromatic rings. The molecule has 5 heteroatoms. The average Bonchev–Trinajstić information content (AvgIpc) is 2.72. The van der Waals surface area contributed by atoms with E-state index in [4.69, 9.17) is 11.6 Å². The van der Waals surface area contributed by atoms with Crippen molar-refractivity contribution in [3.8, 4) is 0 Å². The Morgan fingerprint density at radius 1 is 1.47 bits per heavy atom. The summed E-state index contributed by atoms with van der Waals surface area (Å²) in [5.41, 5.74) is 0.738. The fraction of sp³-hybridized carbons (Fsp3) is 0.167. The Morgan fingerprint density at radius 3 is 2.88 bits per heavy atom. The summed E-state index contributed by atoms with van der Waals surface area (Å²) in [4.78, 5) is 0.783. The number of hydrogen-bond acceptors (Lipinski definition) is 2. The van der Waals surface area contributed by atoms with Crippen molar-refractivity contribution in [1.82, 2.24) is 0 Å². The second-order valence-electron chi connectivity index (χ2n) is 3.60. The average molecular weight is 336 g/mol. The molecule has 1 nitrogen and oxygen atoms in total. The first kappa shape index (κ1) is 13.0. The highest BCUT2D eigenvalue weighted by Gasteiger charge is 2.14. The van der Waals surface area contributed by atoms with Crippen LogP contribution in [0, 0.1) is 5.82 Å². The lowest BCUT2D eigenvalue weighted by atomic mass is 10.1. The minimum absolute atomic E-state index is 0.320. The van der Waals surface area contributed by atoms with Gasteiger partial charge in [0.15, 0.2) is 0 Å². The SMILES string of the molecule is OC(Cc1cccc(F)c1Br)c1cc(Cl)cs1. The zero-order valence-corrected chi connectivity index (χ0v) is 11.8. The Kier molecular flexibility index (Phi) is 4.20. The molecule has 0 aliphatic rings. The third-order valence-electron chi connectivity index (χ3n) is 2.36. The van der Waals surface area contributed by atoms with E-state index < -0.39 is 6.10 Å². The summed E-state index contributed by atoms with van der Waals surface area (Å²) in [6.45, 7) is 0. The lowest BCUT2D eigenvalue weighted by molar-refractivity contribution is 0.182. The van der Waals surface area contributed by atoms with Crippen molar-refractivity contribution in [2.24, 2.45) is 0 Å². The molecule has 1 aromatic heterocycles. The number of aliphatic hydroxyl groups is 1. The first-order chi connectivity index (χ1) is 8.08.